The largest absolute Gasteiger partial charge is 0.382 e. The van der Waals surface area contributed by atoms with E-state index < -0.39 is 9.84 Å². The molecule has 2 N–H and O–H groups in total. The number of nitrogen functional groups attached to an aromatic ring is 1. The molecule has 0 aliphatic rings. The molecule has 4 aromatic heterocycles. The monoisotopic (exact) mass is 434 g/mol. The molecule has 0 amide bonds. The van der Waals surface area contributed by atoms with Crippen molar-refractivity contribution in [3.8, 4) is 0 Å². The van der Waals surface area contributed by atoms with Crippen LogP contribution in [0.25, 0.3) is 22.2 Å². The molecule has 0 fully saturated rings. The Balaban J connectivity index is 1.83. The molecule has 148 valence electrons. The number of hydrogen-bond acceptors (Lipinski definition) is 8. The summed E-state index contributed by atoms with van der Waals surface area (Å²) in [6, 6.07) is 14.0. The number of rotatable bonds is 4. The van der Waals surface area contributed by atoms with E-state index in [9.17, 15) is 8.42 Å². The third-order valence-electron chi connectivity index (χ3n) is 4.46. The first-order valence-electron chi connectivity index (χ1n) is 8.85. The minimum atomic E-state index is -3.90. The Kier molecular flexibility index (Phi) is 4.30. The summed E-state index contributed by atoms with van der Waals surface area (Å²) < 4.78 is 28.2. The van der Waals surface area contributed by atoms with Gasteiger partial charge in [0, 0.05) is 18.0 Å². The zero-order valence-corrected chi connectivity index (χ0v) is 17.0. The highest BCUT2D eigenvalue weighted by Crippen LogP contribution is 2.36. The number of pyridine rings is 1. The van der Waals surface area contributed by atoms with Crippen molar-refractivity contribution in [3.05, 3.63) is 71.9 Å². The molecule has 4 heterocycles. The van der Waals surface area contributed by atoms with Crippen molar-refractivity contribution in [3.63, 3.8) is 0 Å². The first-order valence-corrected chi connectivity index (χ1v) is 11.2. The number of fused-ring (bicyclic) bond motifs is 2. The second kappa shape index (κ2) is 7.01. The summed E-state index contributed by atoms with van der Waals surface area (Å²) in [4.78, 5) is 13.1. The predicted octanol–water partition coefficient (Wildman–Crippen LogP) is 3.34. The fourth-order valence-electron chi connectivity index (χ4n) is 3.10. The molecule has 5 rings (SSSR count). The SMILES string of the molecule is Nc1c(S(=O)(=O)c2cccs2)c2nc3ccccc3nc2n1/N=C/c1cccnc1. The van der Waals surface area contributed by atoms with E-state index in [2.05, 4.69) is 20.1 Å². The molecule has 8 nitrogen and oxygen atoms in total. The summed E-state index contributed by atoms with van der Waals surface area (Å²) in [7, 11) is -3.90. The maximum atomic E-state index is 13.3. The van der Waals surface area contributed by atoms with Crippen LogP contribution in [0.3, 0.4) is 0 Å². The molecule has 0 saturated heterocycles. The fourth-order valence-corrected chi connectivity index (χ4v) is 5.68. The van der Waals surface area contributed by atoms with Gasteiger partial charge in [-0.2, -0.15) is 9.78 Å². The molecule has 0 radical (unpaired) electrons. The van der Waals surface area contributed by atoms with E-state index in [1.54, 1.807) is 48.3 Å². The second-order valence-corrected chi connectivity index (χ2v) is 9.44. The normalized spacial score (nSPS) is 12.3. The smallest absolute Gasteiger partial charge is 0.221 e. The number of nitrogens with zero attached hydrogens (tertiary/aromatic N) is 5. The number of sulfone groups is 1. The van der Waals surface area contributed by atoms with Gasteiger partial charge in [0.15, 0.2) is 5.65 Å². The number of anilines is 1. The van der Waals surface area contributed by atoms with E-state index in [4.69, 9.17) is 5.73 Å². The van der Waals surface area contributed by atoms with Crippen LogP contribution in [0.1, 0.15) is 5.56 Å². The lowest BCUT2D eigenvalue weighted by Gasteiger charge is -2.02. The van der Waals surface area contributed by atoms with Crippen molar-refractivity contribution in [1.82, 2.24) is 19.6 Å². The van der Waals surface area contributed by atoms with E-state index in [0.29, 0.717) is 11.0 Å². The predicted molar refractivity (Wildman–Crippen MR) is 116 cm³/mol. The molecule has 10 heteroatoms. The van der Waals surface area contributed by atoms with E-state index in [0.717, 1.165) is 16.9 Å². The number of para-hydroxylation sites is 2. The van der Waals surface area contributed by atoms with Crippen molar-refractivity contribution in [2.24, 2.45) is 5.10 Å². The lowest BCUT2D eigenvalue weighted by atomic mass is 10.3. The molecule has 1 aromatic carbocycles. The Morgan fingerprint density at radius 1 is 1.03 bits per heavy atom. The Labute approximate surface area is 175 Å². The van der Waals surface area contributed by atoms with E-state index in [-0.39, 0.29) is 26.1 Å². The van der Waals surface area contributed by atoms with Crippen LogP contribution in [-0.2, 0) is 9.84 Å². The number of hydrogen-bond donors (Lipinski definition) is 1. The van der Waals surface area contributed by atoms with Gasteiger partial charge in [-0.3, -0.25) is 4.98 Å². The van der Waals surface area contributed by atoms with Gasteiger partial charge < -0.3 is 5.73 Å². The van der Waals surface area contributed by atoms with Gasteiger partial charge in [0.1, 0.15) is 20.4 Å². The van der Waals surface area contributed by atoms with Crippen molar-refractivity contribution in [1.29, 1.82) is 0 Å². The van der Waals surface area contributed by atoms with Crippen molar-refractivity contribution in [2.75, 3.05) is 5.73 Å². The van der Waals surface area contributed by atoms with Crippen LogP contribution in [0.4, 0.5) is 5.82 Å². The summed E-state index contributed by atoms with van der Waals surface area (Å²) in [6.07, 6.45) is 4.83. The molecule has 5 aromatic rings. The van der Waals surface area contributed by atoms with Crippen LogP contribution in [0, 0.1) is 0 Å². The van der Waals surface area contributed by atoms with Gasteiger partial charge >= 0.3 is 0 Å². The summed E-state index contributed by atoms with van der Waals surface area (Å²) in [6.45, 7) is 0. The molecule has 30 heavy (non-hydrogen) atoms. The molecule has 0 aliphatic heterocycles. The van der Waals surface area contributed by atoms with Crippen molar-refractivity contribution < 1.29 is 8.42 Å². The zero-order valence-electron chi connectivity index (χ0n) is 15.4. The standard InChI is InChI=1S/C20H14N6O2S2/c21-19-18(30(27,28)16-8-4-10-29-16)17-20(25-15-7-2-1-6-14(15)24-17)26(19)23-12-13-5-3-9-22-11-13/h1-12H,21H2/b23-12+. The van der Waals surface area contributed by atoms with Gasteiger partial charge in [-0.15, -0.1) is 11.3 Å². The highest BCUT2D eigenvalue weighted by Gasteiger charge is 2.31. The summed E-state index contributed by atoms with van der Waals surface area (Å²) in [5.41, 5.74) is 8.68. The molecular formula is C20H14N6O2S2. The average Bonchev–Trinajstić information content (AvgIpc) is 3.38. The third kappa shape index (κ3) is 2.93. The first kappa shape index (κ1) is 18.4. The van der Waals surface area contributed by atoms with Crippen LogP contribution in [0.2, 0.25) is 0 Å². The van der Waals surface area contributed by atoms with Gasteiger partial charge in [0.2, 0.25) is 9.84 Å². The number of aromatic nitrogens is 4. The van der Waals surface area contributed by atoms with E-state index in [1.807, 2.05) is 18.2 Å². The van der Waals surface area contributed by atoms with Gasteiger partial charge in [-0.25, -0.2) is 18.4 Å². The Morgan fingerprint density at radius 2 is 1.83 bits per heavy atom. The molecule has 0 unspecified atom stereocenters. The lowest BCUT2D eigenvalue weighted by molar-refractivity contribution is 0.599. The summed E-state index contributed by atoms with van der Waals surface area (Å²) in [5.74, 6) is -0.0474. The molecule has 0 spiro atoms. The minimum absolute atomic E-state index is 0.0474. The number of nitrogens with two attached hydrogens (primary N) is 1. The summed E-state index contributed by atoms with van der Waals surface area (Å²) in [5, 5.41) is 6.09. The quantitative estimate of drug-likeness (QED) is 0.434. The summed E-state index contributed by atoms with van der Waals surface area (Å²) >= 11 is 1.12. The topological polar surface area (TPSA) is 116 Å². The molecule has 0 saturated carbocycles. The maximum absolute atomic E-state index is 13.3. The van der Waals surface area contributed by atoms with Crippen LogP contribution >= 0.6 is 11.3 Å². The van der Waals surface area contributed by atoms with Gasteiger partial charge in [-0.05, 0) is 29.6 Å². The zero-order chi connectivity index (χ0) is 20.7. The van der Waals surface area contributed by atoms with Crippen LogP contribution in [-0.4, -0.2) is 34.3 Å². The van der Waals surface area contributed by atoms with Gasteiger partial charge in [-0.1, -0.05) is 24.3 Å². The Bertz CT molecular complexity index is 1510. The number of benzene rings is 1. The highest BCUT2D eigenvalue weighted by atomic mass is 32.2. The number of thiophene rings is 1. The van der Waals surface area contributed by atoms with Crippen LogP contribution in [0.5, 0.6) is 0 Å². The van der Waals surface area contributed by atoms with E-state index >= 15 is 0 Å². The fraction of sp³-hybridized carbons (Fsp3) is 0. The average molecular weight is 435 g/mol. The highest BCUT2D eigenvalue weighted by molar-refractivity contribution is 7.93. The molecule has 0 aliphatic carbocycles. The Morgan fingerprint density at radius 3 is 2.53 bits per heavy atom. The molecule has 0 bridgehead atoms. The van der Waals surface area contributed by atoms with Crippen LogP contribution < -0.4 is 5.73 Å². The third-order valence-corrected chi connectivity index (χ3v) is 7.68. The Hall–Kier alpha value is -3.63. The van der Waals surface area contributed by atoms with Crippen molar-refractivity contribution >= 4 is 55.4 Å². The van der Waals surface area contributed by atoms with E-state index in [1.165, 1.54) is 10.7 Å². The van der Waals surface area contributed by atoms with Crippen molar-refractivity contribution in [2.45, 2.75) is 9.10 Å². The second-order valence-electron chi connectivity index (χ2n) is 6.38. The molecule has 0 atom stereocenters. The van der Waals surface area contributed by atoms with Gasteiger partial charge in [0.05, 0.1) is 17.2 Å². The lowest BCUT2D eigenvalue weighted by Crippen LogP contribution is -2.05. The van der Waals surface area contributed by atoms with Crippen LogP contribution in [0.15, 0.2) is 80.5 Å². The van der Waals surface area contributed by atoms with Gasteiger partial charge in [0.25, 0.3) is 0 Å². The minimum Gasteiger partial charge on any atom is -0.382 e. The molecular weight excluding hydrogens is 420 g/mol. The first-order chi connectivity index (χ1) is 14.6. The maximum Gasteiger partial charge on any atom is 0.221 e.